The Bertz CT molecular complexity index is 143. The first kappa shape index (κ1) is 10.8. The van der Waals surface area contributed by atoms with E-state index in [1.807, 2.05) is 0 Å². The van der Waals surface area contributed by atoms with Crippen molar-refractivity contribution in [3.63, 3.8) is 0 Å². The molecular formula is C6H12O7. The van der Waals surface area contributed by atoms with E-state index in [4.69, 9.17) is 25.3 Å². The summed E-state index contributed by atoms with van der Waals surface area (Å²) in [7, 11) is 0. The lowest BCUT2D eigenvalue weighted by Gasteiger charge is -2.37. The largest absolute Gasteiger partial charge is 0.394 e. The van der Waals surface area contributed by atoms with Gasteiger partial charge in [0.15, 0.2) is 0 Å². The Balaban J connectivity index is 2.66. The Kier molecular flexibility index (Phi) is 3.56. The maximum Gasteiger partial charge on any atom is 0.220 e. The predicted octanol–water partition coefficient (Wildman–Crippen LogP) is -2.72. The summed E-state index contributed by atoms with van der Waals surface area (Å²) in [4.78, 5) is 3.70. The zero-order chi connectivity index (χ0) is 10.0. The molecule has 7 heteroatoms. The number of hydrogen-bond donors (Lipinski definition) is 5. The van der Waals surface area contributed by atoms with Crippen LogP contribution in [-0.2, 0) is 9.62 Å². The molecule has 1 rings (SSSR count). The van der Waals surface area contributed by atoms with Gasteiger partial charge in [0.1, 0.15) is 24.4 Å². The smallest absolute Gasteiger partial charge is 0.220 e. The minimum Gasteiger partial charge on any atom is -0.394 e. The molecule has 1 aliphatic heterocycles. The molecule has 0 aromatic rings. The van der Waals surface area contributed by atoms with E-state index in [1.54, 1.807) is 0 Å². The fourth-order valence-corrected chi connectivity index (χ4v) is 1.15. The number of aliphatic hydroxyl groups is 4. The molecule has 0 radical (unpaired) electrons. The van der Waals surface area contributed by atoms with Crippen LogP contribution in [0.3, 0.4) is 0 Å². The predicted molar refractivity (Wildman–Crippen MR) is 37.5 cm³/mol. The number of ether oxygens (including phenoxy) is 1. The van der Waals surface area contributed by atoms with Gasteiger partial charge in [0.2, 0.25) is 6.29 Å². The van der Waals surface area contributed by atoms with Gasteiger partial charge in [-0.15, -0.1) is 0 Å². The van der Waals surface area contributed by atoms with Gasteiger partial charge >= 0.3 is 0 Å². The molecule has 13 heavy (non-hydrogen) atoms. The first-order chi connectivity index (χ1) is 6.11. The quantitative estimate of drug-likeness (QED) is 0.240. The first-order valence-corrected chi connectivity index (χ1v) is 3.72. The fraction of sp³-hybridized carbons (Fsp3) is 1.00. The van der Waals surface area contributed by atoms with Crippen molar-refractivity contribution in [1.82, 2.24) is 0 Å². The monoisotopic (exact) mass is 196 g/mol. The molecule has 1 saturated heterocycles. The van der Waals surface area contributed by atoms with Crippen LogP contribution in [0, 0.1) is 0 Å². The molecule has 1 heterocycles. The molecule has 0 amide bonds. The SMILES string of the molecule is OCC1O[C@@H](OO)C(O)[C@@H](O)[C@@H]1O. The fourth-order valence-electron chi connectivity index (χ4n) is 1.15. The molecule has 7 nitrogen and oxygen atoms in total. The summed E-state index contributed by atoms with van der Waals surface area (Å²) in [6.45, 7) is -0.551. The summed E-state index contributed by atoms with van der Waals surface area (Å²) in [5, 5.41) is 44.4. The second-order valence-corrected chi connectivity index (χ2v) is 2.80. The molecule has 0 aromatic carbocycles. The minimum absolute atomic E-state index is 0.551. The van der Waals surface area contributed by atoms with Gasteiger partial charge < -0.3 is 25.2 Å². The highest BCUT2D eigenvalue weighted by molar-refractivity contribution is 4.88. The summed E-state index contributed by atoms with van der Waals surface area (Å²) in [5.41, 5.74) is 0. The van der Waals surface area contributed by atoms with E-state index in [0.717, 1.165) is 0 Å². The summed E-state index contributed by atoms with van der Waals surface area (Å²) in [6, 6.07) is 0. The van der Waals surface area contributed by atoms with Crippen LogP contribution >= 0.6 is 0 Å². The lowest BCUT2D eigenvalue weighted by Crippen LogP contribution is -2.58. The van der Waals surface area contributed by atoms with Gasteiger partial charge in [0, 0.05) is 0 Å². The van der Waals surface area contributed by atoms with Crippen molar-refractivity contribution in [2.24, 2.45) is 0 Å². The van der Waals surface area contributed by atoms with Crippen LogP contribution in [0.2, 0.25) is 0 Å². The molecule has 0 spiro atoms. The van der Waals surface area contributed by atoms with Crippen LogP contribution in [0.1, 0.15) is 0 Å². The summed E-state index contributed by atoms with van der Waals surface area (Å²) >= 11 is 0. The van der Waals surface area contributed by atoms with E-state index in [-0.39, 0.29) is 0 Å². The van der Waals surface area contributed by atoms with Crippen molar-refractivity contribution < 1.29 is 35.3 Å². The second kappa shape index (κ2) is 4.29. The normalized spacial score (nSPS) is 46.4. The van der Waals surface area contributed by atoms with Gasteiger partial charge in [0.05, 0.1) is 6.61 Å². The number of hydrogen-bond acceptors (Lipinski definition) is 7. The van der Waals surface area contributed by atoms with Gasteiger partial charge in [-0.1, -0.05) is 0 Å². The Morgan fingerprint density at radius 3 is 2.15 bits per heavy atom. The second-order valence-electron chi connectivity index (χ2n) is 2.80. The van der Waals surface area contributed by atoms with Crippen molar-refractivity contribution in [3.8, 4) is 0 Å². The van der Waals surface area contributed by atoms with Gasteiger partial charge in [-0.3, -0.25) is 0 Å². The van der Waals surface area contributed by atoms with Crippen molar-refractivity contribution in [2.45, 2.75) is 30.7 Å². The van der Waals surface area contributed by atoms with E-state index in [1.165, 1.54) is 0 Å². The van der Waals surface area contributed by atoms with Crippen molar-refractivity contribution >= 4 is 0 Å². The molecule has 0 aliphatic carbocycles. The third-order valence-corrected chi connectivity index (χ3v) is 1.95. The van der Waals surface area contributed by atoms with Crippen LogP contribution in [0.4, 0.5) is 0 Å². The molecule has 1 aliphatic rings. The summed E-state index contributed by atoms with van der Waals surface area (Å²) in [6.07, 6.45) is -7.04. The Morgan fingerprint density at radius 2 is 1.69 bits per heavy atom. The van der Waals surface area contributed by atoms with Crippen molar-refractivity contribution in [2.75, 3.05) is 6.61 Å². The highest BCUT2D eigenvalue weighted by atomic mass is 17.1. The maximum atomic E-state index is 9.19. The van der Waals surface area contributed by atoms with E-state index in [9.17, 15) is 5.11 Å². The van der Waals surface area contributed by atoms with Crippen LogP contribution in [-0.4, -0.2) is 63.0 Å². The van der Waals surface area contributed by atoms with Gasteiger partial charge in [-0.05, 0) is 0 Å². The molecule has 1 fully saturated rings. The number of aliphatic hydroxyl groups excluding tert-OH is 4. The molecule has 5 N–H and O–H groups in total. The van der Waals surface area contributed by atoms with E-state index in [2.05, 4.69) is 4.89 Å². The van der Waals surface area contributed by atoms with E-state index in [0.29, 0.717) is 0 Å². The van der Waals surface area contributed by atoms with Crippen LogP contribution in [0.25, 0.3) is 0 Å². The van der Waals surface area contributed by atoms with Gasteiger partial charge in [-0.2, -0.15) is 0 Å². The van der Waals surface area contributed by atoms with Crippen molar-refractivity contribution in [3.05, 3.63) is 0 Å². The summed E-state index contributed by atoms with van der Waals surface area (Å²) < 4.78 is 4.70. The lowest BCUT2D eigenvalue weighted by molar-refractivity contribution is -0.404. The zero-order valence-electron chi connectivity index (χ0n) is 6.65. The Labute approximate surface area is 73.7 Å². The third-order valence-electron chi connectivity index (χ3n) is 1.95. The molecule has 0 saturated carbocycles. The molecule has 0 bridgehead atoms. The molecule has 78 valence electrons. The standard InChI is InChI=1S/C6H12O7/c7-1-2-3(8)4(9)5(10)6(12-2)13-11/h2-11H,1H2/t2?,3-,4+,5?,6+/m1/s1. The van der Waals surface area contributed by atoms with Crippen LogP contribution < -0.4 is 0 Å². The molecule has 0 aromatic heterocycles. The highest BCUT2D eigenvalue weighted by Crippen LogP contribution is 2.20. The zero-order valence-corrected chi connectivity index (χ0v) is 6.65. The van der Waals surface area contributed by atoms with E-state index >= 15 is 0 Å². The highest BCUT2D eigenvalue weighted by Gasteiger charge is 2.44. The van der Waals surface area contributed by atoms with E-state index < -0.39 is 37.3 Å². The Hall–Kier alpha value is -0.280. The average Bonchev–Trinajstić information content (AvgIpc) is 2.15. The third kappa shape index (κ3) is 1.97. The summed E-state index contributed by atoms with van der Waals surface area (Å²) in [5.74, 6) is 0. The Morgan fingerprint density at radius 1 is 1.08 bits per heavy atom. The molecular weight excluding hydrogens is 184 g/mol. The average molecular weight is 196 g/mol. The van der Waals surface area contributed by atoms with Crippen LogP contribution in [0.5, 0.6) is 0 Å². The maximum absolute atomic E-state index is 9.19. The van der Waals surface area contributed by atoms with Crippen LogP contribution in [0.15, 0.2) is 0 Å². The first-order valence-electron chi connectivity index (χ1n) is 3.72. The van der Waals surface area contributed by atoms with Crippen molar-refractivity contribution in [1.29, 1.82) is 0 Å². The lowest BCUT2D eigenvalue weighted by atomic mass is 9.99. The molecule has 5 atom stereocenters. The van der Waals surface area contributed by atoms with Gasteiger partial charge in [-0.25, -0.2) is 10.1 Å². The number of rotatable bonds is 2. The minimum atomic E-state index is -1.55. The topological polar surface area (TPSA) is 120 Å². The molecule has 2 unspecified atom stereocenters. The van der Waals surface area contributed by atoms with Gasteiger partial charge in [0.25, 0.3) is 0 Å².